The van der Waals surface area contributed by atoms with Crippen molar-refractivity contribution in [2.24, 2.45) is 5.73 Å². The fourth-order valence-electron chi connectivity index (χ4n) is 1.10. The van der Waals surface area contributed by atoms with E-state index in [1.54, 1.807) is 0 Å². The van der Waals surface area contributed by atoms with Crippen LogP contribution in [0.25, 0.3) is 0 Å². The van der Waals surface area contributed by atoms with Gasteiger partial charge in [0, 0.05) is 20.5 Å². The van der Waals surface area contributed by atoms with Gasteiger partial charge in [0.1, 0.15) is 5.76 Å². The Morgan fingerprint density at radius 2 is 2.15 bits per heavy atom. The minimum Gasteiger partial charge on any atom is -0.428 e. The summed E-state index contributed by atoms with van der Waals surface area (Å²) >= 11 is 0. The molecule has 0 radical (unpaired) electrons. The van der Waals surface area contributed by atoms with Crippen molar-refractivity contribution in [1.29, 1.82) is 0 Å². The zero-order chi connectivity index (χ0) is 9.84. The van der Waals surface area contributed by atoms with Gasteiger partial charge in [0.25, 0.3) is 6.01 Å². The van der Waals surface area contributed by atoms with Gasteiger partial charge in [0.05, 0.1) is 5.69 Å². The number of anilines is 1. The van der Waals surface area contributed by atoms with E-state index in [0.29, 0.717) is 12.6 Å². The molecule has 0 aliphatic heterocycles. The first-order valence-electron chi connectivity index (χ1n) is 4.49. The molecule has 74 valence electrons. The molecule has 1 rings (SSSR count). The Hall–Kier alpha value is -1.03. The van der Waals surface area contributed by atoms with Crippen LogP contribution in [0.4, 0.5) is 6.01 Å². The van der Waals surface area contributed by atoms with E-state index in [2.05, 4.69) is 4.98 Å². The smallest absolute Gasteiger partial charge is 0.297 e. The van der Waals surface area contributed by atoms with E-state index in [1.165, 1.54) is 0 Å². The highest BCUT2D eigenvalue weighted by Crippen LogP contribution is 2.17. The molecule has 0 spiro atoms. The quantitative estimate of drug-likeness (QED) is 0.754. The molecular weight excluding hydrogens is 166 g/mol. The summed E-state index contributed by atoms with van der Waals surface area (Å²) < 4.78 is 5.54. The van der Waals surface area contributed by atoms with E-state index in [1.807, 2.05) is 25.9 Å². The Kier molecular flexibility index (Phi) is 3.31. The highest BCUT2D eigenvalue weighted by molar-refractivity contribution is 5.26. The van der Waals surface area contributed by atoms with Crippen LogP contribution in [0.1, 0.15) is 17.9 Å². The van der Waals surface area contributed by atoms with Crippen molar-refractivity contribution in [3.63, 3.8) is 0 Å². The second-order valence-corrected chi connectivity index (χ2v) is 3.29. The molecule has 0 bridgehead atoms. The minimum atomic E-state index is 0.671. The zero-order valence-corrected chi connectivity index (χ0v) is 8.50. The summed E-state index contributed by atoms with van der Waals surface area (Å²) in [6, 6.07) is 0.671. The molecule has 1 aromatic heterocycles. The second-order valence-electron chi connectivity index (χ2n) is 3.29. The summed E-state index contributed by atoms with van der Waals surface area (Å²) in [5, 5.41) is 0. The Labute approximate surface area is 78.7 Å². The Morgan fingerprint density at radius 1 is 1.46 bits per heavy atom. The Balaban J connectivity index is 2.71. The summed E-state index contributed by atoms with van der Waals surface area (Å²) in [6.45, 7) is 2.65. The number of rotatable bonds is 4. The van der Waals surface area contributed by atoms with Crippen LogP contribution in [0.15, 0.2) is 4.42 Å². The van der Waals surface area contributed by atoms with E-state index in [0.717, 1.165) is 24.3 Å². The van der Waals surface area contributed by atoms with Crippen LogP contribution in [0.5, 0.6) is 0 Å². The summed E-state index contributed by atoms with van der Waals surface area (Å²) in [5.74, 6) is 0.953. The lowest BCUT2D eigenvalue weighted by atomic mass is 10.2. The number of nitrogens with zero attached hydrogens (tertiary/aromatic N) is 2. The number of hydrogen-bond acceptors (Lipinski definition) is 4. The second kappa shape index (κ2) is 4.28. The van der Waals surface area contributed by atoms with Crippen molar-refractivity contribution >= 4 is 6.01 Å². The Bertz CT molecular complexity index is 268. The maximum Gasteiger partial charge on any atom is 0.297 e. The van der Waals surface area contributed by atoms with Crippen LogP contribution in [0.2, 0.25) is 0 Å². The molecule has 0 unspecified atom stereocenters. The van der Waals surface area contributed by atoms with Gasteiger partial charge in [-0.3, -0.25) is 0 Å². The van der Waals surface area contributed by atoms with Crippen molar-refractivity contribution in [3.05, 3.63) is 11.5 Å². The van der Waals surface area contributed by atoms with Gasteiger partial charge in [0.15, 0.2) is 0 Å². The molecule has 0 atom stereocenters. The topological polar surface area (TPSA) is 55.3 Å². The molecule has 4 heteroatoms. The molecule has 13 heavy (non-hydrogen) atoms. The molecule has 0 saturated heterocycles. The Morgan fingerprint density at radius 3 is 2.62 bits per heavy atom. The van der Waals surface area contributed by atoms with E-state index < -0.39 is 0 Å². The lowest BCUT2D eigenvalue weighted by molar-refractivity contribution is 0.497. The molecule has 0 fully saturated rings. The SMILES string of the molecule is Cc1nc(N(C)C)oc1CCCN. The average Bonchev–Trinajstić information content (AvgIpc) is 2.44. The highest BCUT2D eigenvalue weighted by Gasteiger charge is 2.09. The fraction of sp³-hybridized carbons (Fsp3) is 0.667. The molecule has 1 aromatic rings. The van der Waals surface area contributed by atoms with E-state index in [4.69, 9.17) is 10.2 Å². The molecule has 2 N–H and O–H groups in total. The van der Waals surface area contributed by atoms with Crippen molar-refractivity contribution in [3.8, 4) is 0 Å². The summed E-state index contributed by atoms with van der Waals surface area (Å²) in [6.07, 6.45) is 1.83. The van der Waals surface area contributed by atoms with Crippen molar-refractivity contribution in [2.45, 2.75) is 19.8 Å². The summed E-state index contributed by atoms with van der Waals surface area (Å²) in [7, 11) is 3.83. The van der Waals surface area contributed by atoms with Crippen molar-refractivity contribution in [1.82, 2.24) is 4.98 Å². The number of aromatic nitrogens is 1. The summed E-state index contributed by atoms with van der Waals surface area (Å²) in [5.41, 5.74) is 6.39. The fourth-order valence-corrected chi connectivity index (χ4v) is 1.10. The standard InChI is InChI=1S/C9H17N3O/c1-7-8(5-4-6-10)13-9(11-7)12(2)3/h4-6,10H2,1-3H3. The van der Waals surface area contributed by atoms with Crippen molar-refractivity contribution < 1.29 is 4.42 Å². The minimum absolute atomic E-state index is 0.671. The third-order valence-electron chi connectivity index (χ3n) is 1.87. The maximum atomic E-state index is 5.54. The molecule has 0 aromatic carbocycles. The first-order chi connectivity index (χ1) is 6.15. The van der Waals surface area contributed by atoms with Gasteiger partial charge >= 0.3 is 0 Å². The predicted octanol–water partition coefficient (Wildman–Crippen LogP) is 0.940. The van der Waals surface area contributed by atoms with Crippen LogP contribution in [-0.4, -0.2) is 25.6 Å². The molecule has 0 amide bonds. The largest absolute Gasteiger partial charge is 0.428 e. The molecule has 0 aliphatic rings. The average molecular weight is 183 g/mol. The van der Waals surface area contributed by atoms with Crippen LogP contribution >= 0.6 is 0 Å². The van der Waals surface area contributed by atoms with E-state index >= 15 is 0 Å². The molecule has 4 nitrogen and oxygen atoms in total. The van der Waals surface area contributed by atoms with Crippen molar-refractivity contribution in [2.75, 3.05) is 25.5 Å². The third-order valence-corrected chi connectivity index (χ3v) is 1.87. The van der Waals surface area contributed by atoms with Gasteiger partial charge in [-0.2, -0.15) is 4.98 Å². The van der Waals surface area contributed by atoms with Gasteiger partial charge in [0.2, 0.25) is 0 Å². The van der Waals surface area contributed by atoms with E-state index in [9.17, 15) is 0 Å². The molecular formula is C9H17N3O. The maximum absolute atomic E-state index is 5.54. The van der Waals surface area contributed by atoms with Gasteiger partial charge in [-0.1, -0.05) is 0 Å². The first-order valence-corrected chi connectivity index (χ1v) is 4.49. The normalized spacial score (nSPS) is 10.5. The highest BCUT2D eigenvalue weighted by atomic mass is 16.4. The predicted molar refractivity (Wildman–Crippen MR) is 52.9 cm³/mol. The number of nitrogens with two attached hydrogens (primary N) is 1. The number of oxazole rings is 1. The van der Waals surface area contributed by atoms with Gasteiger partial charge < -0.3 is 15.1 Å². The van der Waals surface area contributed by atoms with Crippen LogP contribution in [-0.2, 0) is 6.42 Å². The first kappa shape index (κ1) is 10.1. The van der Waals surface area contributed by atoms with Gasteiger partial charge in [-0.25, -0.2) is 0 Å². The van der Waals surface area contributed by atoms with Crippen LogP contribution < -0.4 is 10.6 Å². The molecule has 1 heterocycles. The molecule has 0 saturated carbocycles. The molecule has 0 aliphatic carbocycles. The van der Waals surface area contributed by atoms with E-state index in [-0.39, 0.29) is 0 Å². The van der Waals surface area contributed by atoms with Crippen LogP contribution in [0, 0.1) is 6.92 Å². The lowest BCUT2D eigenvalue weighted by Crippen LogP contribution is -2.08. The van der Waals surface area contributed by atoms with Crippen LogP contribution in [0.3, 0.4) is 0 Å². The van der Waals surface area contributed by atoms with Gasteiger partial charge in [-0.15, -0.1) is 0 Å². The number of hydrogen-bond donors (Lipinski definition) is 1. The zero-order valence-electron chi connectivity index (χ0n) is 8.50. The summed E-state index contributed by atoms with van der Waals surface area (Å²) in [4.78, 5) is 6.14. The monoisotopic (exact) mass is 183 g/mol. The van der Waals surface area contributed by atoms with Gasteiger partial charge in [-0.05, 0) is 19.9 Å². The number of aryl methyl sites for hydroxylation is 2. The third kappa shape index (κ3) is 2.45. The lowest BCUT2D eigenvalue weighted by Gasteiger charge is -2.03.